The summed E-state index contributed by atoms with van der Waals surface area (Å²) in [5.74, 6) is 0. The molecule has 0 aromatic carbocycles. The van der Waals surface area contributed by atoms with Crippen molar-refractivity contribution in [3.8, 4) is 11.1 Å². The van der Waals surface area contributed by atoms with Gasteiger partial charge in [-0.05, 0) is 54.3 Å². The average Bonchev–Trinajstić information content (AvgIpc) is 2.92. The normalized spacial score (nSPS) is 11.0. The Bertz CT molecular complexity index is 687. The molecule has 3 aromatic heterocycles. The monoisotopic (exact) mass is 252 g/mol. The van der Waals surface area contributed by atoms with Gasteiger partial charge in [0.1, 0.15) is 5.65 Å². The summed E-state index contributed by atoms with van der Waals surface area (Å²) in [7, 11) is 0. The van der Waals surface area contributed by atoms with E-state index in [1.54, 1.807) is 6.20 Å². The van der Waals surface area contributed by atoms with Crippen molar-refractivity contribution in [2.75, 3.05) is 6.54 Å². The first-order valence-corrected chi connectivity index (χ1v) is 6.44. The standard InChI is InChI=1S/C15H16N4/c16-6-1-2-12-10-17-7-5-14(12)13-3-4-15-18-8-9-19(15)11-13/h3-5,7-11H,1-2,6,16H2. The van der Waals surface area contributed by atoms with Gasteiger partial charge in [-0.2, -0.15) is 0 Å². The summed E-state index contributed by atoms with van der Waals surface area (Å²) in [5.41, 5.74) is 10.2. The summed E-state index contributed by atoms with van der Waals surface area (Å²) >= 11 is 0. The van der Waals surface area contributed by atoms with Gasteiger partial charge in [0.2, 0.25) is 0 Å². The lowest BCUT2D eigenvalue weighted by Gasteiger charge is -2.09. The molecule has 0 unspecified atom stereocenters. The number of imidazole rings is 1. The van der Waals surface area contributed by atoms with Gasteiger partial charge in [-0.25, -0.2) is 4.98 Å². The molecule has 4 heteroatoms. The van der Waals surface area contributed by atoms with Crippen LogP contribution in [-0.2, 0) is 6.42 Å². The number of nitrogens with two attached hydrogens (primary N) is 1. The Morgan fingerprint density at radius 2 is 2.11 bits per heavy atom. The molecule has 0 spiro atoms. The zero-order valence-electron chi connectivity index (χ0n) is 10.7. The molecule has 0 saturated heterocycles. The first-order chi connectivity index (χ1) is 9.38. The van der Waals surface area contributed by atoms with Crippen LogP contribution in [0.15, 0.2) is 49.2 Å². The van der Waals surface area contributed by atoms with Crippen LogP contribution in [0.5, 0.6) is 0 Å². The van der Waals surface area contributed by atoms with E-state index in [-0.39, 0.29) is 0 Å². The van der Waals surface area contributed by atoms with Gasteiger partial charge in [0.15, 0.2) is 0 Å². The third-order valence-corrected chi connectivity index (χ3v) is 3.25. The molecule has 0 bridgehead atoms. The first-order valence-electron chi connectivity index (χ1n) is 6.44. The van der Waals surface area contributed by atoms with E-state index in [1.165, 1.54) is 16.7 Å². The molecule has 0 aliphatic heterocycles. The number of fused-ring (bicyclic) bond motifs is 1. The summed E-state index contributed by atoms with van der Waals surface area (Å²) < 4.78 is 2.03. The number of aryl methyl sites for hydroxylation is 1. The molecule has 0 fully saturated rings. The highest BCUT2D eigenvalue weighted by Crippen LogP contribution is 2.24. The maximum absolute atomic E-state index is 5.59. The van der Waals surface area contributed by atoms with E-state index in [4.69, 9.17) is 5.73 Å². The highest BCUT2D eigenvalue weighted by Gasteiger charge is 2.06. The molecule has 3 aromatic rings. The molecule has 3 heterocycles. The Morgan fingerprint density at radius 3 is 3.00 bits per heavy atom. The predicted octanol–water partition coefficient (Wildman–Crippen LogP) is 2.29. The minimum absolute atomic E-state index is 0.703. The van der Waals surface area contributed by atoms with E-state index >= 15 is 0 Å². The lowest BCUT2D eigenvalue weighted by molar-refractivity contribution is 0.830. The maximum Gasteiger partial charge on any atom is 0.136 e. The molecular weight excluding hydrogens is 236 g/mol. The smallest absolute Gasteiger partial charge is 0.136 e. The third-order valence-electron chi connectivity index (χ3n) is 3.25. The van der Waals surface area contributed by atoms with Crippen LogP contribution in [0.4, 0.5) is 0 Å². The molecule has 19 heavy (non-hydrogen) atoms. The van der Waals surface area contributed by atoms with Gasteiger partial charge in [0, 0.05) is 31.0 Å². The Kier molecular flexibility index (Phi) is 3.25. The fourth-order valence-electron chi connectivity index (χ4n) is 2.28. The van der Waals surface area contributed by atoms with Gasteiger partial charge in [0.05, 0.1) is 0 Å². The maximum atomic E-state index is 5.59. The zero-order chi connectivity index (χ0) is 13.1. The molecule has 4 nitrogen and oxygen atoms in total. The van der Waals surface area contributed by atoms with Gasteiger partial charge in [-0.3, -0.25) is 4.98 Å². The largest absolute Gasteiger partial charge is 0.330 e. The van der Waals surface area contributed by atoms with E-state index in [9.17, 15) is 0 Å². The molecule has 0 amide bonds. The predicted molar refractivity (Wildman–Crippen MR) is 75.8 cm³/mol. The highest BCUT2D eigenvalue weighted by molar-refractivity contribution is 5.67. The molecule has 0 saturated carbocycles. The van der Waals surface area contributed by atoms with Gasteiger partial charge in [0.25, 0.3) is 0 Å². The highest BCUT2D eigenvalue weighted by atomic mass is 15.0. The van der Waals surface area contributed by atoms with Crippen molar-refractivity contribution in [1.29, 1.82) is 0 Å². The van der Waals surface area contributed by atoms with Gasteiger partial charge in [-0.1, -0.05) is 0 Å². The SMILES string of the molecule is NCCCc1cnccc1-c1ccc2nccn2c1. The van der Waals surface area contributed by atoms with Crippen molar-refractivity contribution in [3.05, 3.63) is 54.7 Å². The molecule has 2 N–H and O–H groups in total. The lowest BCUT2D eigenvalue weighted by Crippen LogP contribution is -2.01. The number of pyridine rings is 2. The summed E-state index contributed by atoms with van der Waals surface area (Å²) in [6.07, 6.45) is 11.6. The van der Waals surface area contributed by atoms with Gasteiger partial charge >= 0.3 is 0 Å². The quantitative estimate of drug-likeness (QED) is 0.775. The van der Waals surface area contributed by atoms with Gasteiger partial charge < -0.3 is 10.1 Å². The van der Waals surface area contributed by atoms with E-state index in [2.05, 4.69) is 28.3 Å². The van der Waals surface area contributed by atoms with Crippen LogP contribution in [0.1, 0.15) is 12.0 Å². The second kappa shape index (κ2) is 5.20. The number of rotatable bonds is 4. The Balaban J connectivity index is 2.04. The van der Waals surface area contributed by atoms with Crippen molar-refractivity contribution in [3.63, 3.8) is 0 Å². The van der Waals surface area contributed by atoms with Crippen molar-refractivity contribution >= 4 is 5.65 Å². The lowest BCUT2D eigenvalue weighted by atomic mass is 10.00. The molecule has 0 aliphatic carbocycles. The summed E-state index contributed by atoms with van der Waals surface area (Å²) in [6.45, 7) is 0.703. The second-order valence-corrected chi connectivity index (χ2v) is 4.54. The van der Waals surface area contributed by atoms with E-state index in [1.807, 2.05) is 29.1 Å². The third kappa shape index (κ3) is 2.35. The molecule has 3 rings (SSSR count). The number of hydrogen-bond acceptors (Lipinski definition) is 3. The summed E-state index contributed by atoms with van der Waals surface area (Å²) in [6, 6.07) is 6.19. The minimum Gasteiger partial charge on any atom is -0.330 e. The summed E-state index contributed by atoms with van der Waals surface area (Å²) in [4.78, 5) is 8.48. The molecular formula is C15H16N4. The van der Waals surface area contributed by atoms with Crippen molar-refractivity contribution in [2.45, 2.75) is 12.8 Å². The van der Waals surface area contributed by atoms with Crippen LogP contribution >= 0.6 is 0 Å². The van der Waals surface area contributed by atoms with Crippen LogP contribution in [0.3, 0.4) is 0 Å². The fraction of sp³-hybridized carbons (Fsp3) is 0.200. The van der Waals surface area contributed by atoms with Crippen LogP contribution in [0.2, 0.25) is 0 Å². The van der Waals surface area contributed by atoms with Crippen LogP contribution in [-0.4, -0.2) is 20.9 Å². The van der Waals surface area contributed by atoms with Crippen LogP contribution in [0.25, 0.3) is 16.8 Å². The fourth-order valence-corrected chi connectivity index (χ4v) is 2.28. The van der Waals surface area contributed by atoms with Crippen molar-refractivity contribution < 1.29 is 0 Å². The van der Waals surface area contributed by atoms with Crippen molar-refractivity contribution in [1.82, 2.24) is 14.4 Å². The Hall–Kier alpha value is -2.20. The topological polar surface area (TPSA) is 56.2 Å². The Morgan fingerprint density at radius 1 is 1.16 bits per heavy atom. The number of aromatic nitrogens is 3. The van der Waals surface area contributed by atoms with E-state index in [0.29, 0.717) is 6.54 Å². The van der Waals surface area contributed by atoms with Gasteiger partial charge in [-0.15, -0.1) is 0 Å². The Labute approximate surface area is 111 Å². The average molecular weight is 252 g/mol. The molecule has 96 valence electrons. The summed E-state index contributed by atoms with van der Waals surface area (Å²) in [5, 5.41) is 0. The van der Waals surface area contributed by atoms with Crippen LogP contribution < -0.4 is 5.73 Å². The van der Waals surface area contributed by atoms with Crippen LogP contribution in [0, 0.1) is 0 Å². The van der Waals surface area contributed by atoms with E-state index in [0.717, 1.165) is 18.5 Å². The second-order valence-electron chi connectivity index (χ2n) is 4.54. The first kappa shape index (κ1) is 11.9. The number of nitrogens with zero attached hydrogens (tertiary/aromatic N) is 3. The number of hydrogen-bond donors (Lipinski definition) is 1. The molecule has 0 radical (unpaired) electrons. The zero-order valence-corrected chi connectivity index (χ0v) is 10.7. The minimum atomic E-state index is 0.703. The van der Waals surface area contributed by atoms with E-state index < -0.39 is 0 Å². The molecule has 0 atom stereocenters. The molecule has 0 aliphatic rings. The van der Waals surface area contributed by atoms with Crippen molar-refractivity contribution in [2.24, 2.45) is 5.73 Å².